The van der Waals surface area contributed by atoms with Crippen LogP contribution in [0.4, 0.5) is 0 Å². The minimum absolute atomic E-state index is 0.150. The normalized spacial score (nSPS) is 10.8. The Labute approximate surface area is 124 Å². The van der Waals surface area contributed by atoms with E-state index in [0.717, 1.165) is 22.5 Å². The molecule has 0 aliphatic heterocycles. The number of hydrogen-bond acceptors (Lipinski definition) is 2. The molecule has 0 atom stereocenters. The van der Waals surface area contributed by atoms with E-state index in [0.29, 0.717) is 0 Å². The van der Waals surface area contributed by atoms with Crippen LogP contribution in [0, 0.1) is 20.8 Å². The fourth-order valence-corrected chi connectivity index (χ4v) is 2.41. The lowest BCUT2D eigenvalue weighted by molar-refractivity contribution is 0.433. The van der Waals surface area contributed by atoms with Gasteiger partial charge in [-0.05, 0) is 49.6 Å². The van der Waals surface area contributed by atoms with Crippen LogP contribution >= 0.6 is 0 Å². The van der Waals surface area contributed by atoms with E-state index < -0.39 is 0 Å². The first-order chi connectivity index (χ1) is 10.1. The molecule has 0 radical (unpaired) electrons. The van der Waals surface area contributed by atoms with E-state index >= 15 is 0 Å². The first-order valence-corrected chi connectivity index (χ1v) is 6.99. The molecule has 21 heavy (non-hydrogen) atoms. The zero-order valence-electron chi connectivity index (χ0n) is 12.5. The zero-order valence-corrected chi connectivity index (χ0v) is 12.5. The van der Waals surface area contributed by atoms with Crippen LogP contribution in [-0.2, 0) is 0 Å². The summed E-state index contributed by atoms with van der Waals surface area (Å²) in [6.45, 7) is 6.17. The van der Waals surface area contributed by atoms with Crippen molar-refractivity contribution in [3.05, 3.63) is 65.2 Å². The van der Waals surface area contributed by atoms with E-state index in [4.69, 9.17) is 0 Å². The first-order valence-electron chi connectivity index (χ1n) is 6.99. The van der Waals surface area contributed by atoms with Crippen LogP contribution in [0.15, 0.2) is 48.5 Å². The Bertz CT molecular complexity index is 803. The Balaban J connectivity index is 2.10. The Morgan fingerprint density at radius 2 is 1.62 bits per heavy atom. The monoisotopic (exact) mass is 278 g/mol. The van der Waals surface area contributed by atoms with Crippen molar-refractivity contribution in [1.29, 1.82) is 0 Å². The molecule has 0 spiro atoms. The highest BCUT2D eigenvalue weighted by atomic mass is 16.3. The van der Waals surface area contributed by atoms with Crippen molar-refractivity contribution in [2.24, 2.45) is 0 Å². The van der Waals surface area contributed by atoms with Crippen LogP contribution in [0.3, 0.4) is 0 Å². The average Bonchev–Trinajstić information content (AvgIpc) is 2.84. The lowest BCUT2D eigenvalue weighted by Gasteiger charge is -2.06. The van der Waals surface area contributed by atoms with E-state index in [9.17, 15) is 5.11 Å². The summed E-state index contributed by atoms with van der Waals surface area (Å²) in [5, 5.41) is 14.7. The van der Waals surface area contributed by atoms with Gasteiger partial charge in [0.2, 0.25) is 5.88 Å². The van der Waals surface area contributed by atoms with Crippen molar-refractivity contribution < 1.29 is 5.11 Å². The number of hydrogen-bond donors (Lipinski definition) is 1. The predicted molar refractivity (Wildman–Crippen MR) is 84.9 cm³/mol. The molecule has 0 unspecified atom stereocenters. The summed E-state index contributed by atoms with van der Waals surface area (Å²) in [6, 6.07) is 15.8. The molecule has 1 aromatic heterocycles. The Hall–Kier alpha value is -2.55. The molecule has 0 saturated carbocycles. The predicted octanol–water partition coefficient (Wildman–Crippen LogP) is 4.17. The molecular formula is C18H18N2O. The second kappa shape index (κ2) is 5.09. The molecule has 3 aromatic rings. The fourth-order valence-electron chi connectivity index (χ4n) is 2.41. The van der Waals surface area contributed by atoms with E-state index in [1.54, 1.807) is 10.7 Å². The third-order valence-electron chi connectivity index (χ3n) is 3.85. The van der Waals surface area contributed by atoms with Gasteiger partial charge in [0.1, 0.15) is 0 Å². The second-order valence-electron chi connectivity index (χ2n) is 5.38. The third kappa shape index (κ3) is 2.42. The SMILES string of the molecule is Cc1ccc(-n2nc(-c3ccccc3C)cc2O)cc1C. The third-order valence-corrected chi connectivity index (χ3v) is 3.85. The van der Waals surface area contributed by atoms with Crippen LogP contribution in [-0.4, -0.2) is 14.9 Å². The maximum Gasteiger partial charge on any atom is 0.214 e. The van der Waals surface area contributed by atoms with Gasteiger partial charge in [0, 0.05) is 11.6 Å². The number of aryl methyl sites for hydroxylation is 3. The van der Waals surface area contributed by atoms with Crippen molar-refractivity contribution in [2.45, 2.75) is 20.8 Å². The maximum absolute atomic E-state index is 10.2. The first kappa shape index (κ1) is 13.4. The summed E-state index contributed by atoms with van der Waals surface area (Å²) in [5.74, 6) is 0.150. The van der Waals surface area contributed by atoms with Crippen molar-refractivity contribution in [2.75, 3.05) is 0 Å². The highest BCUT2D eigenvalue weighted by Crippen LogP contribution is 2.27. The van der Waals surface area contributed by atoms with Crippen LogP contribution in [0.1, 0.15) is 16.7 Å². The summed E-state index contributed by atoms with van der Waals surface area (Å²) in [5.41, 5.74) is 6.24. The van der Waals surface area contributed by atoms with Crippen LogP contribution in [0.25, 0.3) is 16.9 Å². The molecule has 1 heterocycles. The van der Waals surface area contributed by atoms with E-state index in [1.165, 1.54) is 11.1 Å². The Kier molecular flexibility index (Phi) is 3.26. The molecule has 0 amide bonds. The molecule has 106 valence electrons. The second-order valence-corrected chi connectivity index (χ2v) is 5.38. The molecule has 0 fully saturated rings. The Morgan fingerprint density at radius 3 is 2.33 bits per heavy atom. The molecule has 0 aliphatic carbocycles. The summed E-state index contributed by atoms with van der Waals surface area (Å²) < 4.78 is 1.58. The van der Waals surface area contributed by atoms with Gasteiger partial charge in [-0.2, -0.15) is 5.10 Å². The van der Waals surface area contributed by atoms with Crippen molar-refractivity contribution in [3.63, 3.8) is 0 Å². The summed E-state index contributed by atoms with van der Waals surface area (Å²) >= 11 is 0. The number of aromatic nitrogens is 2. The minimum atomic E-state index is 0.150. The maximum atomic E-state index is 10.2. The van der Waals surface area contributed by atoms with Crippen molar-refractivity contribution in [1.82, 2.24) is 9.78 Å². The summed E-state index contributed by atoms with van der Waals surface area (Å²) in [4.78, 5) is 0. The molecule has 1 N–H and O–H groups in total. The van der Waals surface area contributed by atoms with Crippen LogP contribution in [0.2, 0.25) is 0 Å². The standard InChI is InChI=1S/C18H18N2O/c1-12-8-9-15(10-14(12)3)20-18(21)11-17(19-20)16-7-5-4-6-13(16)2/h4-11,21H,1-3H3. The molecule has 0 saturated heterocycles. The van der Waals surface area contributed by atoms with Gasteiger partial charge in [-0.3, -0.25) is 0 Å². The van der Waals surface area contributed by atoms with Gasteiger partial charge >= 0.3 is 0 Å². The van der Waals surface area contributed by atoms with Gasteiger partial charge < -0.3 is 5.11 Å². The number of rotatable bonds is 2. The highest BCUT2D eigenvalue weighted by molar-refractivity contribution is 5.64. The van der Waals surface area contributed by atoms with Gasteiger partial charge in [0.25, 0.3) is 0 Å². The summed E-state index contributed by atoms with van der Waals surface area (Å²) in [6.07, 6.45) is 0. The quantitative estimate of drug-likeness (QED) is 0.764. The number of nitrogens with zero attached hydrogens (tertiary/aromatic N) is 2. The van der Waals surface area contributed by atoms with Crippen molar-refractivity contribution in [3.8, 4) is 22.8 Å². The topological polar surface area (TPSA) is 38.0 Å². The van der Waals surface area contributed by atoms with Crippen LogP contribution in [0.5, 0.6) is 5.88 Å². The van der Waals surface area contributed by atoms with Crippen LogP contribution < -0.4 is 0 Å². The zero-order chi connectivity index (χ0) is 15.0. The molecule has 0 bridgehead atoms. The fraction of sp³-hybridized carbons (Fsp3) is 0.167. The molecule has 3 rings (SSSR count). The van der Waals surface area contributed by atoms with E-state index in [1.807, 2.05) is 49.4 Å². The highest BCUT2D eigenvalue weighted by Gasteiger charge is 2.12. The molecule has 0 aliphatic rings. The van der Waals surface area contributed by atoms with Crippen molar-refractivity contribution >= 4 is 0 Å². The number of aromatic hydroxyl groups is 1. The summed E-state index contributed by atoms with van der Waals surface area (Å²) in [7, 11) is 0. The lowest BCUT2D eigenvalue weighted by Crippen LogP contribution is -1.97. The van der Waals surface area contributed by atoms with Gasteiger partial charge in [-0.15, -0.1) is 0 Å². The largest absolute Gasteiger partial charge is 0.493 e. The minimum Gasteiger partial charge on any atom is -0.493 e. The molecule has 3 nitrogen and oxygen atoms in total. The van der Waals surface area contributed by atoms with E-state index in [2.05, 4.69) is 18.9 Å². The molecule has 3 heteroatoms. The Morgan fingerprint density at radius 1 is 0.857 bits per heavy atom. The van der Waals surface area contributed by atoms with Gasteiger partial charge in [0.05, 0.1) is 11.4 Å². The van der Waals surface area contributed by atoms with Gasteiger partial charge in [-0.1, -0.05) is 30.3 Å². The van der Waals surface area contributed by atoms with Gasteiger partial charge in [-0.25, -0.2) is 4.68 Å². The number of benzene rings is 2. The van der Waals surface area contributed by atoms with E-state index in [-0.39, 0.29) is 5.88 Å². The molecular weight excluding hydrogens is 260 g/mol. The lowest BCUT2D eigenvalue weighted by atomic mass is 10.1. The van der Waals surface area contributed by atoms with Gasteiger partial charge in [0.15, 0.2) is 0 Å². The molecule has 2 aromatic carbocycles. The average molecular weight is 278 g/mol. The smallest absolute Gasteiger partial charge is 0.214 e.